The van der Waals surface area contributed by atoms with Crippen molar-refractivity contribution in [3.05, 3.63) is 52.4 Å². The Morgan fingerprint density at radius 1 is 0.914 bits per heavy atom. The predicted molar refractivity (Wildman–Crippen MR) is 138 cm³/mol. The summed E-state index contributed by atoms with van der Waals surface area (Å²) in [5.74, 6) is 1.11. The molecule has 0 aliphatic carbocycles. The predicted octanol–water partition coefficient (Wildman–Crippen LogP) is 2.65. The van der Waals surface area contributed by atoms with Gasteiger partial charge >= 0.3 is 0 Å². The maximum absolute atomic E-state index is 12.3. The zero-order valence-electron chi connectivity index (χ0n) is 19.1. The molecule has 0 saturated carbocycles. The van der Waals surface area contributed by atoms with Crippen LogP contribution in [0.1, 0.15) is 16.6 Å². The van der Waals surface area contributed by atoms with E-state index in [1.54, 1.807) is 18.2 Å². The lowest BCUT2D eigenvalue weighted by Crippen LogP contribution is -2.28. The van der Waals surface area contributed by atoms with Gasteiger partial charge in [0, 0.05) is 56.0 Å². The number of aromatic nitrogens is 2. The molecular weight excluding hydrogens is 512 g/mol. The second-order valence-corrected chi connectivity index (χ2v) is 11.2. The van der Waals surface area contributed by atoms with Gasteiger partial charge in [0.15, 0.2) is 15.7 Å². The van der Waals surface area contributed by atoms with E-state index in [4.69, 9.17) is 11.6 Å². The Bertz CT molecular complexity index is 1300. The van der Waals surface area contributed by atoms with Crippen LogP contribution >= 0.6 is 22.9 Å². The van der Waals surface area contributed by atoms with Crippen molar-refractivity contribution in [1.29, 1.82) is 0 Å². The number of amides is 2. The Kier molecular flexibility index (Phi) is 9.01. The second kappa shape index (κ2) is 12.0. The fourth-order valence-electron chi connectivity index (χ4n) is 2.88. The van der Waals surface area contributed by atoms with Gasteiger partial charge in [0.1, 0.15) is 15.8 Å². The van der Waals surface area contributed by atoms with Crippen molar-refractivity contribution in [3.63, 3.8) is 0 Å². The summed E-state index contributed by atoms with van der Waals surface area (Å²) in [5, 5.41) is 12.4. The summed E-state index contributed by atoms with van der Waals surface area (Å²) in [6, 6.07) is 11.8. The number of halogens is 1. The molecule has 2 amide bonds. The fraction of sp³-hybridized carbons (Fsp3) is 0.273. The third-order valence-electron chi connectivity index (χ3n) is 4.52. The third kappa shape index (κ3) is 8.19. The molecule has 186 valence electrons. The Hall–Kier alpha value is -3.22. The molecule has 0 fully saturated rings. The molecule has 0 bridgehead atoms. The lowest BCUT2D eigenvalue weighted by atomic mass is 10.2. The highest BCUT2D eigenvalue weighted by Gasteiger charge is 2.15. The Morgan fingerprint density at radius 3 is 2.06 bits per heavy atom. The summed E-state index contributed by atoms with van der Waals surface area (Å²) in [4.78, 5) is 32.8. The molecule has 0 saturated heterocycles. The average molecular weight is 537 g/mol. The van der Waals surface area contributed by atoms with Gasteiger partial charge in [-0.15, -0.1) is 11.3 Å². The number of thiophene rings is 1. The van der Waals surface area contributed by atoms with Gasteiger partial charge in [-0.3, -0.25) is 9.59 Å². The van der Waals surface area contributed by atoms with Crippen LogP contribution in [0.25, 0.3) is 11.4 Å². The Morgan fingerprint density at radius 2 is 1.51 bits per heavy atom. The van der Waals surface area contributed by atoms with Gasteiger partial charge in [-0.1, -0.05) is 11.6 Å². The number of nitrogens with zero attached hydrogens (tertiary/aromatic N) is 2. The van der Waals surface area contributed by atoms with Crippen molar-refractivity contribution >= 4 is 56.2 Å². The first-order valence-electron chi connectivity index (χ1n) is 10.6. The van der Waals surface area contributed by atoms with Crippen LogP contribution in [0.4, 0.5) is 11.6 Å². The van der Waals surface area contributed by atoms with Crippen molar-refractivity contribution in [1.82, 2.24) is 20.6 Å². The molecule has 0 aliphatic heterocycles. The van der Waals surface area contributed by atoms with Gasteiger partial charge in [0.2, 0.25) is 5.91 Å². The highest BCUT2D eigenvalue weighted by atomic mass is 35.5. The Balaban J connectivity index is 1.63. The molecule has 0 atom stereocenters. The Labute approximate surface area is 212 Å². The maximum Gasteiger partial charge on any atom is 0.261 e. The SMILES string of the molecule is CC(=O)NCCNc1cc(NCCNC(=O)c2ccc(S(C)(=O)=O)s2)nc(-c2ccc(Cl)cc2)n1. The topological polar surface area (TPSA) is 142 Å². The quantitative estimate of drug-likeness (QED) is 0.274. The molecule has 2 aromatic heterocycles. The van der Waals surface area contributed by atoms with E-state index in [0.29, 0.717) is 47.0 Å². The van der Waals surface area contributed by atoms with Crippen LogP contribution in [0.5, 0.6) is 0 Å². The highest BCUT2D eigenvalue weighted by molar-refractivity contribution is 7.92. The summed E-state index contributed by atoms with van der Waals surface area (Å²) in [6.07, 6.45) is 1.10. The van der Waals surface area contributed by atoms with Crippen molar-refractivity contribution < 1.29 is 18.0 Å². The first-order valence-corrected chi connectivity index (χ1v) is 13.7. The smallest absolute Gasteiger partial charge is 0.261 e. The summed E-state index contributed by atoms with van der Waals surface area (Å²) < 4.78 is 23.3. The highest BCUT2D eigenvalue weighted by Crippen LogP contribution is 2.23. The summed E-state index contributed by atoms with van der Waals surface area (Å²) in [7, 11) is -3.35. The lowest BCUT2D eigenvalue weighted by Gasteiger charge is -2.12. The number of hydrogen-bond acceptors (Lipinski definition) is 9. The number of anilines is 2. The number of carbonyl (C=O) groups excluding carboxylic acids is 2. The van der Waals surface area contributed by atoms with Gasteiger partial charge in [0.25, 0.3) is 5.91 Å². The van der Waals surface area contributed by atoms with Crippen LogP contribution < -0.4 is 21.3 Å². The van der Waals surface area contributed by atoms with Gasteiger partial charge in [-0.25, -0.2) is 18.4 Å². The van der Waals surface area contributed by atoms with Crippen molar-refractivity contribution in [2.24, 2.45) is 0 Å². The molecular formula is C22H25ClN6O4S2. The van der Waals surface area contributed by atoms with Crippen molar-refractivity contribution in [2.75, 3.05) is 43.1 Å². The minimum atomic E-state index is -3.35. The van der Waals surface area contributed by atoms with Crippen molar-refractivity contribution in [3.8, 4) is 11.4 Å². The number of carbonyl (C=O) groups is 2. The van der Waals surface area contributed by atoms with Gasteiger partial charge < -0.3 is 21.3 Å². The number of hydrogen-bond donors (Lipinski definition) is 4. The van der Waals surface area contributed by atoms with Crippen LogP contribution in [0.15, 0.2) is 46.7 Å². The van der Waals surface area contributed by atoms with E-state index in [9.17, 15) is 18.0 Å². The molecule has 0 spiro atoms. The number of sulfone groups is 1. The zero-order chi connectivity index (χ0) is 25.4. The average Bonchev–Trinajstić information content (AvgIpc) is 3.31. The summed E-state index contributed by atoms with van der Waals surface area (Å²) >= 11 is 6.92. The van der Waals surface area contributed by atoms with Crippen LogP contribution in [0.3, 0.4) is 0 Å². The van der Waals surface area contributed by atoms with E-state index in [-0.39, 0.29) is 22.6 Å². The van der Waals surface area contributed by atoms with E-state index in [1.807, 2.05) is 12.1 Å². The lowest BCUT2D eigenvalue weighted by molar-refractivity contribution is -0.118. The van der Waals surface area contributed by atoms with E-state index >= 15 is 0 Å². The number of benzene rings is 1. The summed E-state index contributed by atoms with van der Waals surface area (Å²) in [5.41, 5.74) is 0.774. The first-order chi connectivity index (χ1) is 16.6. The van der Waals surface area contributed by atoms with Gasteiger partial charge in [-0.05, 0) is 36.4 Å². The van der Waals surface area contributed by atoms with E-state index in [1.165, 1.54) is 19.1 Å². The fourth-order valence-corrected chi connectivity index (χ4v) is 4.85. The zero-order valence-corrected chi connectivity index (χ0v) is 21.5. The molecule has 10 nitrogen and oxygen atoms in total. The minimum Gasteiger partial charge on any atom is -0.368 e. The minimum absolute atomic E-state index is 0.115. The molecule has 4 N–H and O–H groups in total. The molecule has 3 rings (SSSR count). The van der Waals surface area contributed by atoms with Gasteiger partial charge in [-0.2, -0.15) is 0 Å². The van der Waals surface area contributed by atoms with Crippen LogP contribution in [0, 0.1) is 0 Å². The monoisotopic (exact) mass is 536 g/mol. The maximum atomic E-state index is 12.3. The normalized spacial score (nSPS) is 11.1. The largest absolute Gasteiger partial charge is 0.368 e. The number of nitrogens with one attached hydrogen (secondary N) is 4. The van der Waals surface area contributed by atoms with Crippen LogP contribution in [-0.4, -0.2) is 62.6 Å². The van der Waals surface area contributed by atoms with E-state index in [0.717, 1.165) is 23.2 Å². The molecule has 0 aliphatic rings. The molecule has 0 unspecified atom stereocenters. The standard InChI is InChI=1S/C22H25ClN6O4S2/c1-14(30)24-9-10-25-18-13-19(29-21(28-18)15-3-5-16(23)6-4-15)26-11-12-27-22(31)17-7-8-20(34-17)35(2,32)33/h3-8,13H,9-12H2,1-2H3,(H,24,30)(H,27,31)(H2,25,26,28,29). The molecule has 3 aromatic rings. The first kappa shape index (κ1) is 26.4. The molecule has 13 heteroatoms. The molecule has 1 aromatic carbocycles. The van der Waals surface area contributed by atoms with Gasteiger partial charge in [0.05, 0.1) is 4.88 Å². The number of rotatable bonds is 11. The third-order valence-corrected chi connectivity index (χ3v) is 7.68. The van der Waals surface area contributed by atoms with Crippen LogP contribution in [-0.2, 0) is 14.6 Å². The van der Waals surface area contributed by atoms with Crippen molar-refractivity contribution in [2.45, 2.75) is 11.1 Å². The summed E-state index contributed by atoms with van der Waals surface area (Å²) in [6.45, 7) is 3.03. The van der Waals surface area contributed by atoms with Crippen LogP contribution in [0.2, 0.25) is 5.02 Å². The second-order valence-electron chi connectivity index (χ2n) is 7.45. The van der Waals surface area contributed by atoms with E-state index < -0.39 is 9.84 Å². The molecule has 0 radical (unpaired) electrons. The van der Waals surface area contributed by atoms with E-state index in [2.05, 4.69) is 31.2 Å². The molecule has 2 heterocycles. The molecule has 35 heavy (non-hydrogen) atoms.